The number of hydrogen-bond donors (Lipinski definition) is 2. The zero-order chi connectivity index (χ0) is 16.9. The van der Waals surface area contributed by atoms with Crippen LogP contribution < -0.4 is 10.6 Å². The van der Waals surface area contributed by atoms with Crippen molar-refractivity contribution in [1.82, 2.24) is 15.6 Å². The lowest BCUT2D eigenvalue weighted by molar-refractivity contribution is -0.127. The fourth-order valence-corrected chi connectivity index (χ4v) is 3.32. The van der Waals surface area contributed by atoms with Gasteiger partial charge in [-0.25, -0.2) is 0 Å². The molecule has 1 aromatic heterocycles. The van der Waals surface area contributed by atoms with E-state index in [1.807, 2.05) is 0 Å². The minimum Gasteiger partial charge on any atom is -0.349 e. The molecule has 0 spiro atoms. The number of nitrogens with one attached hydrogen (secondary N) is 2. The van der Waals surface area contributed by atoms with Gasteiger partial charge in [0.25, 0.3) is 5.91 Å². The second-order valence-corrected chi connectivity index (χ2v) is 6.66. The maximum atomic E-state index is 12.6. The van der Waals surface area contributed by atoms with E-state index in [2.05, 4.69) is 21.7 Å². The maximum absolute atomic E-state index is 12.6. The quantitative estimate of drug-likeness (QED) is 0.862. The van der Waals surface area contributed by atoms with Gasteiger partial charge in [-0.1, -0.05) is 12.8 Å². The molecule has 126 valence electrons. The molecule has 2 aliphatic rings. The van der Waals surface area contributed by atoms with E-state index in [1.54, 1.807) is 24.5 Å². The average Bonchev–Trinajstić information content (AvgIpc) is 3.45. The molecule has 3 rings (SSSR count). The number of carbonyl (C=O) groups is 2. The number of rotatable bonds is 5. The molecular weight excluding hydrogens is 304 g/mol. The lowest BCUT2D eigenvalue weighted by atomic mass is 9.83. The summed E-state index contributed by atoms with van der Waals surface area (Å²) >= 11 is 0. The van der Waals surface area contributed by atoms with Crippen LogP contribution in [-0.4, -0.2) is 28.9 Å². The normalized spacial score (nSPS) is 24.5. The molecule has 0 aliphatic heterocycles. The van der Waals surface area contributed by atoms with Crippen LogP contribution in [0.1, 0.15) is 48.9 Å². The molecule has 2 amide bonds. The molecular formula is C18H22N4O2. The number of carbonyl (C=O) groups excluding carboxylic acids is 2. The van der Waals surface area contributed by atoms with E-state index in [4.69, 9.17) is 0 Å². The Morgan fingerprint density at radius 2 is 1.88 bits per heavy atom. The summed E-state index contributed by atoms with van der Waals surface area (Å²) in [7, 11) is 0. The monoisotopic (exact) mass is 326 g/mol. The summed E-state index contributed by atoms with van der Waals surface area (Å²) in [6.07, 6.45) is 8.66. The molecule has 0 aromatic carbocycles. The van der Waals surface area contributed by atoms with Gasteiger partial charge in [-0.05, 0) is 43.7 Å². The van der Waals surface area contributed by atoms with Gasteiger partial charge in [-0.3, -0.25) is 14.6 Å². The molecule has 2 N–H and O–H groups in total. The maximum Gasteiger partial charge on any atom is 0.251 e. The largest absolute Gasteiger partial charge is 0.349 e. The summed E-state index contributed by atoms with van der Waals surface area (Å²) in [5.74, 6) is -0.249. The number of hydrogen-bond acceptors (Lipinski definition) is 4. The first kappa shape index (κ1) is 16.4. The topological polar surface area (TPSA) is 94.9 Å². The van der Waals surface area contributed by atoms with E-state index in [1.165, 1.54) is 0 Å². The molecule has 0 bridgehead atoms. The molecule has 1 heterocycles. The molecule has 0 saturated heterocycles. The highest BCUT2D eigenvalue weighted by Crippen LogP contribution is 2.33. The van der Waals surface area contributed by atoms with Crippen LogP contribution in [-0.2, 0) is 4.79 Å². The first-order valence-electron chi connectivity index (χ1n) is 8.60. The lowest BCUT2D eigenvalue weighted by Gasteiger charge is -2.31. The third kappa shape index (κ3) is 3.91. The lowest BCUT2D eigenvalue weighted by Crippen LogP contribution is -2.50. The molecule has 2 fully saturated rings. The van der Waals surface area contributed by atoms with Gasteiger partial charge in [0.15, 0.2) is 0 Å². The summed E-state index contributed by atoms with van der Waals surface area (Å²) in [5.41, 5.74) is 0.544. The summed E-state index contributed by atoms with van der Waals surface area (Å²) in [6.45, 7) is 0. The van der Waals surface area contributed by atoms with Crippen LogP contribution in [0.25, 0.3) is 0 Å². The SMILES string of the molecule is N#C[C@@H](NC(=O)[C@@H]1CCCCC1NC(=O)c1ccncc1)C1CC1. The van der Waals surface area contributed by atoms with Gasteiger partial charge in [0.1, 0.15) is 6.04 Å². The standard InChI is InChI=1S/C18H22N4O2/c19-11-16(12-5-6-12)22-18(24)14-3-1-2-4-15(14)21-17(23)13-7-9-20-10-8-13/h7-10,12,14-16H,1-6H2,(H,21,23)(H,22,24)/t14-,15?,16-/m1/s1. The van der Waals surface area contributed by atoms with Gasteiger partial charge >= 0.3 is 0 Å². The Kier molecular flexibility index (Phi) is 5.09. The van der Waals surface area contributed by atoms with Crippen molar-refractivity contribution in [1.29, 1.82) is 5.26 Å². The van der Waals surface area contributed by atoms with Crippen LogP contribution in [0.4, 0.5) is 0 Å². The van der Waals surface area contributed by atoms with Crippen molar-refractivity contribution in [2.45, 2.75) is 50.6 Å². The van der Waals surface area contributed by atoms with Gasteiger partial charge in [0, 0.05) is 24.0 Å². The Balaban J connectivity index is 1.63. The van der Waals surface area contributed by atoms with Crippen LogP contribution in [0.3, 0.4) is 0 Å². The van der Waals surface area contributed by atoms with Crippen molar-refractivity contribution in [2.24, 2.45) is 11.8 Å². The number of nitrogens with zero attached hydrogens (tertiary/aromatic N) is 2. The van der Waals surface area contributed by atoms with E-state index in [0.29, 0.717) is 11.5 Å². The van der Waals surface area contributed by atoms with Crippen molar-refractivity contribution in [3.05, 3.63) is 30.1 Å². The van der Waals surface area contributed by atoms with E-state index in [0.717, 1.165) is 38.5 Å². The van der Waals surface area contributed by atoms with Gasteiger partial charge in [-0.2, -0.15) is 5.26 Å². The highest BCUT2D eigenvalue weighted by molar-refractivity contribution is 5.94. The average molecular weight is 326 g/mol. The molecule has 2 saturated carbocycles. The second kappa shape index (κ2) is 7.43. The number of amides is 2. The minimum atomic E-state index is -0.393. The van der Waals surface area contributed by atoms with Crippen molar-refractivity contribution in [3.63, 3.8) is 0 Å². The van der Waals surface area contributed by atoms with Crippen LogP contribution in [0.5, 0.6) is 0 Å². The Bertz CT molecular complexity index is 636. The number of pyridine rings is 1. The third-order valence-electron chi connectivity index (χ3n) is 4.89. The van der Waals surface area contributed by atoms with Crippen molar-refractivity contribution < 1.29 is 9.59 Å². The van der Waals surface area contributed by atoms with Crippen LogP contribution in [0.2, 0.25) is 0 Å². The van der Waals surface area contributed by atoms with Gasteiger partial charge in [0.2, 0.25) is 5.91 Å². The minimum absolute atomic E-state index is 0.104. The molecule has 1 aromatic rings. The number of aromatic nitrogens is 1. The van der Waals surface area contributed by atoms with E-state index in [-0.39, 0.29) is 23.8 Å². The van der Waals surface area contributed by atoms with E-state index >= 15 is 0 Å². The van der Waals surface area contributed by atoms with Gasteiger partial charge in [-0.15, -0.1) is 0 Å². The van der Waals surface area contributed by atoms with E-state index < -0.39 is 6.04 Å². The van der Waals surface area contributed by atoms with Gasteiger partial charge in [0.05, 0.1) is 12.0 Å². The van der Waals surface area contributed by atoms with Crippen LogP contribution in [0.15, 0.2) is 24.5 Å². The first-order valence-corrected chi connectivity index (χ1v) is 8.60. The Hall–Kier alpha value is -2.42. The summed E-state index contributed by atoms with van der Waals surface area (Å²) < 4.78 is 0. The number of nitriles is 1. The molecule has 2 aliphatic carbocycles. The zero-order valence-electron chi connectivity index (χ0n) is 13.6. The van der Waals surface area contributed by atoms with Crippen molar-refractivity contribution in [3.8, 4) is 6.07 Å². The fourth-order valence-electron chi connectivity index (χ4n) is 3.32. The highest BCUT2D eigenvalue weighted by Gasteiger charge is 2.37. The highest BCUT2D eigenvalue weighted by atomic mass is 16.2. The molecule has 24 heavy (non-hydrogen) atoms. The Morgan fingerprint density at radius 1 is 1.17 bits per heavy atom. The zero-order valence-corrected chi connectivity index (χ0v) is 13.6. The Labute approximate surface area is 141 Å². The molecule has 6 heteroatoms. The molecule has 6 nitrogen and oxygen atoms in total. The van der Waals surface area contributed by atoms with Gasteiger partial charge < -0.3 is 10.6 Å². The molecule has 3 atom stereocenters. The molecule has 1 unspecified atom stereocenters. The Morgan fingerprint density at radius 3 is 2.54 bits per heavy atom. The summed E-state index contributed by atoms with van der Waals surface area (Å²) in [5, 5.41) is 15.1. The van der Waals surface area contributed by atoms with Crippen LogP contribution in [0, 0.1) is 23.2 Å². The first-order chi connectivity index (χ1) is 11.7. The van der Waals surface area contributed by atoms with E-state index in [9.17, 15) is 14.9 Å². The summed E-state index contributed by atoms with van der Waals surface area (Å²) in [6, 6.07) is 4.93. The smallest absolute Gasteiger partial charge is 0.251 e. The molecule has 0 radical (unpaired) electrons. The fraction of sp³-hybridized carbons (Fsp3) is 0.556. The van der Waals surface area contributed by atoms with Crippen molar-refractivity contribution >= 4 is 11.8 Å². The van der Waals surface area contributed by atoms with Crippen molar-refractivity contribution in [2.75, 3.05) is 0 Å². The summed E-state index contributed by atoms with van der Waals surface area (Å²) in [4.78, 5) is 28.9. The third-order valence-corrected chi connectivity index (χ3v) is 4.89. The second-order valence-electron chi connectivity index (χ2n) is 6.66. The van der Waals surface area contributed by atoms with Crippen LogP contribution >= 0.6 is 0 Å². The predicted molar refractivity (Wildman–Crippen MR) is 87.7 cm³/mol. The predicted octanol–water partition coefficient (Wildman–Crippen LogP) is 1.79.